The molecule has 1 aromatic carbocycles. The van der Waals surface area contributed by atoms with Crippen molar-refractivity contribution in [2.75, 3.05) is 26.2 Å². The van der Waals surface area contributed by atoms with Gasteiger partial charge in [0, 0.05) is 38.1 Å². The van der Waals surface area contributed by atoms with Gasteiger partial charge in [-0.1, -0.05) is 51.1 Å². The van der Waals surface area contributed by atoms with E-state index in [9.17, 15) is 14.4 Å². The Morgan fingerprint density at radius 3 is 2.11 bits per heavy atom. The summed E-state index contributed by atoms with van der Waals surface area (Å²) in [6.45, 7) is 9.41. The van der Waals surface area contributed by atoms with Crippen molar-refractivity contribution in [1.29, 1.82) is 0 Å². The molecule has 4 rings (SSSR count). The van der Waals surface area contributed by atoms with Crippen molar-refractivity contribution in [2.24, 2.45) is 16.2 Å². The Hall–Kier alpha value is -2.01. The zero-order valence-electron chi connectivity index (χ0n) is 16.5. The van der Waals surface area contributed by atoms with Gasteiger partial charge in [-0.3, -0.25) is 19.3 Å². The molecule has 144 valence electrons. The van der Waals surface area contributed by atoms with Crippen LogP contribution in [0.5, 0.6) is 0 Å². The first-order valence-corrected chi connectivity index (χ1v) is 9.89. The third-order valence-electron chi connectivity index (χ3n) is 7.81. The standard InChI is InChI=1S/C22H28N2O3/c1-20(2)21(3)9-10-22(20,18(26)17(21)25)19(27)24-13-11-23(12-14-24)15-16-7-5-4-6-8-16/h4-8H,9-15H2,1-3H3/t21-,22-/m0/s1. The van der Waals surface area contributed by atoms with Crippen LogP contribution in [0.1, 0.15) is 39.2 Å². The third-order valence-corrected chi connectivity index (χ3v) is 7.81. The molecule has 3 fully saturated rings. The summed E-state index contributed by atoms with van der Waals surface area (Å²) in [7, 11) is 0. The van der Waals surface area contributed by atoms with Crippen LogP contribution in [0, 0.1) is 16.2 Å². The molecule has 2 bridgehead atoms. The first kappa shape index (κ1) is 18.4. The zero-order chi connectivity index (χ0) is 19.4. The highest BCUT2D eigenvalue weighted by molar-refractivity contribution is 6.48. The number of carbonyl (C=O) groups is 3. The Morgan fingerprint density at radius 2 is 1.56 bits per heavy atom. The molecule has 27 heavy (non-hydrogen) atoms. The number of fused-ring (bicyclic) bond motifs is 2. The van der Waals surface area contributed by atoms with Crippen LogP contribution in [0.25, 0.3) is 0 Å². The van der Waals surface area contributed by atoms with E-state index in [4.69, 9.17) is 0 Å². The Bertz CT molecular complexity index is 795. The highest BCUT2D eigenvalue weighted by Crippen LogP contribution is 2.69. The molecule has 2 saturated carbocycles. The molecule has 1 amide bonds. The maximum absolute atomic E-state index is 13.5. The van der Waals surface area contributed by atoms with Crippen molar-refractivity contribution in [2.45, 2.75) is 40.2 Å². The number of hydrogen-bond donors (Lipinski definition) is 0. The maximum atomic E-state index is 13.5. The molecule has 0 N–H and O–H groups in total. The third kappa shape index (κ3) is 2.30. The molecule has 2 aliphatic carbocycles. The number of amides is 1. The lowest BCUT2D eigenvalue weighted by Crippen LogP contribution is -2.57. The molecule has 5 nitrogen and oxygen atoms in total. The van der Waals surface area contributed by atoms with Crippen molar-refractivity contribution in [3.8, 4) is 0 Å². The molecule has 0 spiro atoms. The summed E-state index contributed by atoms with van der Waals surface area (Å²) in [4.78, 5) is 43.2. The molecule has 5 heteroatoms. The summed E-state index contributed by atoms with van der Waals surface area (Å²) >= 11 is 0. The molecule has 1 aliphatic heterocycles. The molecule has 1 aromatic rings. The van der Waals surface area contributed by atoms with Crippen molar-refractivity contribution in [1.82, 2.24) is 9.80 Å². The topological polar surface area (TPSA) is 57.7 Å². The average Bonchev–Trinajstić information content (AvgIpc) is 2.94. The van der Waals surface area contributed by atoms with Crippen LogP contribution in [0.3, 0.4) is 0 Å². The number of ketones is 2. The number of carbonyl (C=O) groups excluding carboxylic acids is 3. The molecule has 0 aromatic heterocycles. The lowest BCUT2D eigenvalue weighted by Gasteiger charge is -2.42. The zero-order valence-corrected chi connectivity index (χ0v) is 16.5. The van der Waals surface area contributed by atoms with E-state index < -0.39 is 22.0 Å². The fourth-order valence-corrected chi connectivity index (χ4v) is 5.46. The van der Waals surface area contributed by atoms with Gasteiger partial charge < -0.3 is 4.90 Å². The molecule has 1 heterocycles. The number of piperazine rings is 1. The van der Waals surface area contributed by atoms with Crippen LogP contribution in [0.2, 0.25) is 0 Å². The summed E-state index contributed by atoms with van der Waals surface area (Å²) in [6, 6.07) is 10.3. The van der Waals surface area contributed by atoms with E-state index >= 15 is 0 Å². The summed E-state index contributed by atoms with van der Waals surface area (Å²) in [5.41, 5.74) is -1.21. The normalized spacial score (nSPS) is 32.9. The summed E-state index contributed by atoms with van der Waals surface area (Å²) in [5, 5.41) is 0. The molecule has 0 radical (unpaired) electrons. The van der Waals surface area contributed by atoms with Crippen molar-refractivity contribution < 1.29 is 14.4 Å². The summed E-state index contributed by atoms with van der Waals surface area (Å²) in [5.74, 6) is -0.904. The SMILES string of the molecule is CC1(C)[C@@]2(C(=O)N3CCN(Cc4ccccc4)CC3)CC[C@@]1(C)C(=O)C2=O. The molecule has 1 saturated heterocycles. The lowest BCUT2D eigenvalue weighted by atomic mass is 9.64. The van der Waals surface area contributed by atoms with Gasteiger partial charge in [0.2, 0.25) is 17.5 Å². The fourth-order valence-electron chi connectivity index (χ4n) is 5.46. The Labute approximate surface area is 160 Å². The van der Waals surface area contributed by atoms with Gasteiger partial charge in [0.15, 0.2) is 0 Å². The molecule has 3 aliphatic rings. The Kier molecular flexibility index (Phi) is 4.08. The van der Waals surface area contributed by atoms with Gasteiger partial charge in [0.25, 0.3) is 0 Å². The number of nitrogens with zero attached hydrogens (tertiary/aromatic N) is 2. The molecule has 0 unspecified atom stereocenters. The highest BCUT2D eigenvalue weighted by atomic mass is 16.2. The van der Waals surface area contributed by atoms with E-state index in [1.54, 1.807) is 0 Å². The van der Waals surface area contributed by atoms with Crippen molar-refractivity contribution in [3.63, 3.8) is 0 Å². The molecule has 2 atom stereocenters. The predicted molar refractivity (Wildman–Crippen MR) is 102 cm³/mol. The van der Waals surface area contributed by atoms with Gasteiger partial charge in [-0.15, -0.1) is 0 Å². The van der Waals surface area contributed by atoms with Gasteiger partial charge >= 0.3 is 0 Å². The van der Waals surface area contributed by atoms with Crippen LogP contribution in [0.15, 0.2) is 30.3 Å². The quantitative estimate of drug-likeness (QED) is 0.607. The smallest absolute Gasteiger partial charge is 0.237 e. The van der Waals surface area contributed by atoms with Gasteiger partial charge in [0.05, 0.1) is 0 Å². The van der Waals surface area contributed by atoms with Crippen LogP contribution in [0.4, 0.5) is 0 Å². The first-order valence-electron chi connectivity index (χ1n) is 9.89. The Balaban J connectivity index is 1.48. The summed E-state index contributed by atoms with van der Waals surface area (Å²) in [6.07, 6.45) is 1.13. The van der Waals surface area contributed by atoms with Gasteiger partial charge in [-0.25, -0.2) is 0 Å². The lowest BCUT2D eigenvalue weighted by molar-refractivity contribution is -0.156. The van der Waals surface area contributed by atoms with Crippen LogP contribution < -0.4 is 0 Å². The van der Waals surface area contributed by atoms with Crippen LogP contribution >= 0.6 is 0 Å². The van der Waals surface area contributed by atoms with Crippen LogP contribution in [-0.2, 0) is 20.9 Å². The van der Waals surface area contributed by atoms with Gasteiger partial charge in [-0.2, -0.15) is 0 Å². The summed E-state index contributed by atoms with van der Waals surface area (Å²) < 4.78 is 0. The van der Waals surface area contributed by atoms with Gasteiger partial charge in [0.1, 0.15) is 5.41 Å². The number of rotatable bonds is 3. The monoisotopic (exact) mass is 368 g/mol. The highest BCUT2D eigenvalue weighted by Gasteiger charge is 2.78. The molecular weight excluding hydrogens is 340 g/mol. The number of benzene rings is 1. The number of hydrogen-bond acceptors (Lipinski definition) is 4. The maximum Gasteiger partial charge on any atom is 0.237 e. The minimum atomic E-state index is -1.15. The van der Waals surface area contributed by atoms with Crippen molar-refractivity contribution in [3.05, 3.63) is 35.9 Å². The predicted octanol–water partition coefficient (Wildman–Crippen LogP) is 2.30. The Morgan fingerprint density at radius 1 is 0.926 bits per heavy atom. The number of Topliss-reactive ketones (excluding diaryl/α,β-unsaturated/α-hetero) is 2. The van der Waals surface area contributed by atoms with E-state index in [1.165, 1.54) is 5.56 Å². The van der Waals surface area contributed by atoms with E-state index in [0.29, 0.717) is 25.9 Å². The van der Waals surface area contributed by atoms with E-state index in [-0.39, 0.29) is 11.7 Å². The first-order chi connectivity index (χ1) is 12.7. The average molecular weight is 368 g/mol. The van der Waals surface area contributed by atoms with Crippen molar-refractivity contribution >= 4 is 17.5 Å². The van der Waals surface area contributed by atoms with E-state index in [0.717, 1.165) is 19.6 Å². The van der Waals surface area contributed by atoms with Gasteiger partial charge in [-0.05, 0) is 23.8 Å². The second-order valence-electron chi connectivity index (χ2n) is 9.07. The second-order valence-corrected chi connectivity index (χ2v) is 9.07. The minimum absolute atomic E-state index is 0.119. The van der Waals surface area contributed by atoms with Crippen LogP contribution in [-0.4, -0.2) is 53.5 Å². The molecular formula is C22H28N2O3. The largest absolute Gasteiger partial charge is 0.339 e. The van der Waals surface area contributed by atoms with E-state index in [2.05, 4.69) is 17.0 Å². The fraction of sp³-hybridized carbons (Fsp3) is 0.591. The van der Waals surface area contributed by atoms with E-state index in [1.807, 2.05) is 43.9 Å². The second kappa shape index (κ2) is 5.99. The minimum Gasteiger partial charge on any atom is -0.339 e.